The molecule has 0 radical (unpaired) electrons. The largest absolute Gasteiger partial charge is 0.458 e. The molecular weight excluding hydrogens is 394 g/mol. The third-order valence-corrected chi connectivity index (χ3v) is 6.76. The molecule has 0 unspecified atom stereocenters. The molecule has 28 heavy (non-hydrogen) atoms. The van der Waals surface area contributed by atoms with E-state index in [2.05, 4.69) is 15.3 Å². The Labute approximate surface area is 173 Å². The number of rotatable bonds is 4. The number of ether oxygens (including phenoxy) is 1. The van der Waals surface area contributed by atoms with Gasteiger partial charge in [0.15, 0.2) is 0 Å². The van der Waals surface area contributed by atoms with Crippen molar-refractivity contribution in [2.24, 2.45) is 0 Å². The van der Waals surface area contributed by atoms with Crippen LogP contribution in [0.25, 0.3) is 10.2 Å². The molecule has 3 aromatic rings. The maximum Gasteiger partial charge on any atom is 0.348 e. The molecular formula is C21H22ClN3O2S. The predicted molar refractivity (Wildman–Crippen MR) is 114 cm³/mol. The van der Waals surface area contributed by atoms with Crippen LogP contribution in [0.2, 0.25) is 5.02 Å². The van der Waals surface area contributed by atoms with Crippen molar-refractivity contribution in [1.82, 2.24) is 9.97 Å². The molecule has 1 fully saturated rings. The van der Waals surface area contributed by atoms with Crippen molar-refractivity contribution in [2.75, 3.05) is 5.32 Å². The lowest BCUT2D eigenvalue weighted by atomic mass is 9.98. The van der Waals surface area contributed by atoms with Gasteiger partial charge in [-0.1, -0.05) is 24.1 Å². The van der Waals surface area contributed by atoms with Gasteiger partial charge >= 0.3 is 5.97 Å². The van der Waals surface area contributed by atoms with E-state index in [0.29, 0.717) is 15.7 Å². The van der Waals surface area contributed by atoms with E-state index in [0.717, 1.165) is 52.7 Å². The molecule has 2 heterocycles. The van der Waals surface area contributed by atoms with E-state index in [1.54, 1.807) is 0 Å². The smallest absolute Gasteiger partial charge is 0.348 e. The highest BCUT2D eigenvalue weighted by molar-refractivity contribution is 7.20. The number of hydrogen-bond donors (Lipinski definition) is 1. The van der Waals surface area contributed by atoms with Crippen molar-refractivity contribution < 1.29 is 9.53 Å². The van der Waals surface area contributed by atoms with E-state index in [4.69, 9.17) is 16.3 Å². The molecule has 0 bridgehead atoms. The Morgan fingerprint density at radius 1 is 1.21 bits per heavy atom. The average molecular weight is 416 g/mol. The zero-order chi connectivity index (χ0) is 19.7. The minimum absolute atomic E-state index is 0.0317. The van der Waals surface area contributed by atoms with Crippen LogP contribution in [0.3, 0.4) is 0 Å². The van der Waals surface area contributed by atoms with Crippen molar-refractivity contribution in [3.63, 3.8) is 0 Å². The summed E-state index contributed by atoms with van der Waals surface area (Å²) < 4.78 is 5.76. The summed E-state index contributed by atoms with van der Waals surface area (Å²) in [5.41, 5.74) is 2.70. The van der Waals surface area contributed by atoms with Crippen molar-refractivity contribution in [2.45, 2.75) is 52.1 Å². The Hall–Kier alpha value is -2.18. The predicted octanol–water partition coefficient (Wildman–Crippen LogP) is 6.19. The minimum atomic E-state index is -0.253. The first-order valence-electron chi connectivity index (χ1n) is 9.51. The van der Waals surface area contributed by atoms with E-state index in [9.17, 15) is 4.79 Å². The average Bonchev–Trinajstić information content (AvgIpc) is 3.03. The van der Waals surface area contributed by atoms with Crippen LogP contribution in [0, 0.1) is 13.8 Å². The molecule has 1 aliphatic carbocycles. The lowest BCUT2D eigenvalue weighted by Crippen LogP contribution is -2.20. The van der Waals surface area contributed by atoms with Gasteiger partial charge < -0.3 is 10.1 Å². The second-order valence-electron chi connectivity index (χ2n) is 7.21. The Morgan fingerprint density at radius 2 is 2.00 bits per heavy atom. The minimum Gasteiger partial charge on any atom is -0.458 e. The lowest BCUT2D eigenvalue weighted by Gasteiger charge is -2.21. The molecule has 1 N–H and O–H groups in total. The number of anilines is 2. The number of nitrogens with one attached hydrogen (secondary N) is 1. The first-order chi connectivity index (χ1) is 13.5. The molecule has 146 valence electrons. The van der Waals surface area contributed by atoms with E-state index in [1.165, 1.54) is 24.1 Å². The number of carbonyl (C=O) groups is 1. The van der Waals surface area contributed by atoms with Crippen molar-refractivity contribution in [3.8, 4) is 0 Å². The van der Waals surface area contributed by atoms with E-state index in [1.807, 2.05) is 32.0 Å². The van der Waals surface area contributed by atoms with Crippen LogP contribution in [0.15, 0.2) is 24.5 Å². The fourth-order valence-corrected chi connectivity index (χ4v) is 4.77. The second-order valence-corrected chi connectivity index (χ2v) is 8.62. The summed E-state index contributed by atoms with van der Waals surface area (Å²) >= 11 is 7.60. The molecule has 0 saturated heterocycles. The molecule has 0 spiro atoms. The van der Waals surface area contributed by atoms with Gasteiger partial charge in [0.25, 0.3) is 0 Å². The summed E-state index contributed by atoms with van der Waals surface area (Å²) in [6.07, 6.45) is 6.93. The SMILES string of the molecule is Cc1ccc(Nc2ncnc3sc(C(=O)OC4CCCCC4)c(C)c23)cc1Cl. The van der Waals surface area contributed by atoms with Crippen molar-refractivity contribution >= 4 is 50.6 Å². The first kappa shape index (κ1) is 19.2. The van der Waals surface area contributed by atoms with E-state index >= 15 is 0 Å². The monoisotopic (exact) mass is 415 g/mol. The molecule has 0 aliphatic heterocycles. The highest BCUT2D eigenvalue weighted by Gasteiger charge is 2.24. The quantitative estimate of drug-likeness (QED) is 0.514. The van der Waals surface area contributed by atoms with Crippen LogP contribution >= 0.6 is 22.9 Å². The number of fused-ring (bicyclic) bond motifs is 1. The summed E-state index contributed by atoms with van der Waals surface area (Å²) in [4.78, 5) is 22.9. The second kappa shape index (κ2) is 8.05. The van der Waals surface area contributed by atoms with Crippen molar-refractivity contribution in [1.29, 1.82) is 0 Å². The molecule has 7 heteroatoms. The van der Waals surface area contributed by atoms with Gasteiger partial charge in [-0.05, 0) is 62.8 Å². The van der Waals surface area contributed by atoms with Crippen LogP contribution in [-0.2, 0) is 4.74 Å². The highest BCUT2D eigenvalue weighted by Crippen LogP contribution is 2.36. The molecule has 1 saturated carbocycles. The van der Waals surface area contributed by atoms with Crippen LogP contribution in [0.1, 0.15) is 52.9 Å². The van der Waals surface area contributed by atoms with Gasteiger partial charge in [-0.15, -0.1) is 11.3 Å². The maximum atomic E-state index is 12.8. The van der Waals surface area contributed by atoms with Crippen molar-refractivity contribution in [3.05, 3.63) is 45.6 Å². The zero-order valence-corrected chi connectivity index (χ0v) is 17.5. The molecule has 1 aromatic carbocycles. The van der Waals surface area contributed by atoms with Gasteiger partial charge in [0.05, 0.1) is 5.39 Å². The van der Waals surface area contributed by atoms with Crippen LogP contribution < -0.4 is 5.32 Å². The van der Waals surface area contributed by atoms with E-state index < -0.39 is 0 Å². The number of hydrogen-bond acceptors (Lipinski definition) is 6. The normalized spacial score (nSPS) is 15.0. The molecule has 1 aliphatic rings. The van der Waals surface area contributed by atoms with E-state index in [-0.39, 0.29) is 12.1 Å². The van der Waals surface area contributed by atoms with Gasteiger partial charge in [0, 0.05) is 10.7 Å². The molecule has 2 aromatic heterocycles. The van der Waals surface area contributed by atoms with Gasteiger partial charge in [-0.2, -0.15) is 0 Å². The summed E-state index contributed by atoms with van der Waals surface area (Å²) in [6, 6.07) is 5.77. The zero-order valence-electron chi connectivity index (χ0n) is 15.9. The number of carbonyl (C=O) groups excluding carboxylic acids is 1. The van der Waals surface area contributed by atoms with Crippen LogP contribution in [0.5, 0.6) is 0 Å². The topological polar surface area (TPSA) is 64.1 Å². The number of thiophene rings is 1. The van der Waals surface area contributed by atoms with Crippen LogP contribution in [-0.4, -0.2) is 22.0 Å². The third kappa shape index (κ3) is 3.84. The summed E-state index contributed by atoms with van der Waals surface area (Å²) in [5, 5.41) is 4.84. The number of aryl methyl sites for hydroxylation is 2. The molecule has 5 nitrogen and oxygen atoms in total. The fourth-order valence-electron chi connectivity index (χ4n) is 3.56. The Balaban J connectivity index is 1.64. The van der Waals surface area contributed by atoms with Gasteiger partial charge in [-0.3, -0.25) is 0 Å². The number of aromatic nitrogens is 2. The number of esters is 1. The summed E-state index contributed by atoms with van der Waals surface area (Å²) in [6.45, 7) is 3.88. The number of benzene rings is 1. The fraction of sp³-hybridized carbons (Fsp3) is 0.381. The number of nitrogens with zero attached hydrogens (tertiary/aromatic N) is 2. The maximum absolute atomic E-state index is 12.8. The standard InChI is InChI=1S/C21H22ClN3O2S/c1-12-8-9-14(10-16(12)22)25-19-17-13(2)18(28-20(17)24-11-23-19)21(26)27-15-6-4-3-5-7-15/h8-11,15H,3-7H2,1-2H3,(H,23,24,25). The Morgan fingerprint density at radius 3 is 2.75 bits per heavy atom. The van der Waals surface area contributed by atoms with Crippen LogP contribution in [0.4, 0.5) is 11.5 Å². The molecule has 4 rings (SSSR count). The first-order valence-corrected chi connectivity index (χ1v) is 10.7. The summed E-state index contributed by atoms with van der Waals surface area (Å²) in [5.74, 6) is 0.409. The molecule has 0 atom stereocenters. The van der Waals surface area contributed by atoms with Gasteiger partial charge in [0.2, 0.25) is 0 Å². The summed E-state index contributed by atoms with van der Waals surface area (Å²) in [7, 11) is 0. The van der Waals surface area contributed by atoms with Gasteiger partial charge in [-0.25, -0.2) is 14.8 Å². The Bertz CT molecular complexity index is 1030. The lowest BCUT2D eigenvalue weighted by molar-refractivity contribution is 0.0216. The number of halogens is 1. The Kier molecular flexibility index (Phi) is 5.51. The third-order valence-electron chi connectivity index (χ3n) is 5.17. The van der Waals surface area contributed by atoms with Gasteiger partial charge in [0.1, 0.15) is 28.0 Å². The molecule has 0 amide bonds. The highest BCUT2D eigenvalue weighted by atomic mass is 35.5.